The van der Waals surface area contributed by atoms with Gasteiger partial charge in [-0.2, -0.15) is 0 Å². The lowest BCUT2D eigenvalue weighted by atomic mass is 9.85. The maximum Gasteiger partial charge on any atom is 0.248 e. The number of halogens is 1. The predicted molar refractivity (Wildman–Crippen MR) is 125 cm³/mol. The smallest absolute Gasteiger partial charge is 0.248 e. The average molecular weight is 493 g/mol. The average Bonchev–Trinajstić information content (AvgIpc) is 3.36. The zero-order chi connectivity index (χ0) is 25.7. The minimum Gasteiger partial charge on any atom is -0.391 e. The van der Waals surface area contributed by atoms with Gasteiger partial charge in [0.2, 0.25) is 17.7 Å². The Kier molecular flexibility index (Phi) is 6.67. The molecule has 3 amide bonds. The van der Waals surface area contributed by atoms with Crippen LogP contribution in [0.15, 0.2) is 6.20 Å². The first-order valence-electron chi connectivity index (χ1n) is 12.4. The number of carbonyl (C=O) groups excluding carboxylic acids is 3. The minimum atomic E-state index is -1.69. The SMILES string of the molecule is CC(C)C(=O)N1CC(F)(CNC(=O)C2CC(O)CN2C(=O)[C@@H](n2cc(C3CC3)nn2)C(C)(C)C)C1. The van der Waals surface area contributed by atoms with Gasteiger partial charge in [-0.15, -0.1) is 5.10 Å². The van der Waals surface area contributed by atoms with Crippen molar-refractivity contribution in [2.24, 2.45) is 11.3 Å². The van der Waals surface area contributed by atoms with Crippen LogP contribution in [-0.4, -0.2) is 91.6 Å². The van der Waals surface area contributed by atoms with E-state index in [-0.39, 0.29) is 50.3 Å². The second-order valence-corrected chi connectivity index (χ2v) is 11.8. The Bertz CT molecular complexity index is 979. The molecule has 11 heteroatoms. The van der Waals surface area contributed by atoms with Gasteiger partial charge in [0.25, 0.3) is 0 Å². The summed E-state index contributed by atoms with van der Waals surface area (Å²) in [6.45, 7) is 8.91. The quantitative estimate of drug-likeness (QED) is 0.587. The van der Waals surface area contributed by atoms with E-state index in [1.807, 2.05) is 20.8 Å². The lowest BCUT2D eigenvalue weighted by Gasteiger charge is -2.45. The summed E-state index contributed by atoms with van der Waals surface area (Å²) < 4.78 is 16.6. The molecule has 0 radical (unpaired) electrons. The monoisotopic (exact) mass is 492 g/mol. The third-order valence-electron chi connectivity index (χ3n) is 7.04. The fraction of sp³-hybridized carbons (Fsp3) is 0.792. The number of rotatable bonds is 7. The minimum absolute atomic E-state index is 0.0190. The zero-order valence-electron chi connectivity index (χ0n) is 21.2. The maximum absolute atomic E-state index is 15.0. The summed E-state index contributed by atoms with van der Waals surface area (Å²) in [5, 5.41) is 21.4. The van der Waals surface area contributed by atoms with E-state index in [4.69, 9.17) is 0 Å². The number of amides is 3. The molecule has 3 atom stereocenters. The highest BCUT2D eigenvalue weighted by molar-refractivity contribution is 5.90. The van der Waals surface area contributed by atoms with Crippen LogP contribution in [0.3, 0.4) is 0 Å². The normalized spacial score (nSPS) is 24.9. The molecule has 3 heterocycles. The summed E-state index contributed by atoms with van der Waals surface area (Å²) in [7, 11) is 0. The Balaban J connectivity index is 1.43. The molecule has 3 aliphatic rings. The van der Waals surface area contributed by atoms with Crippen LogP contribution in [0.4, 0.5) is 4.39 Å². The summed E-state index contributed by atoms with van der Waals surface area (Å²) in [6.07, 6.45) is 3.16. The molecule has 2 aliphatic heterocycles. The van der Waals surface area contributed by atoms with Crippen LogP contribution in [0.2, 0.25) is 0 Å². The molecule has 1 saturated carbocycles. The Labute approximate surface area is 205 Å². The molecule has 1 aliphatic carbocycles. The Morgan fingerprint density at radius 1 is 1.23 bits per heavy atom. The second kappa shape index (κ2) is 9.15. The van der Waals surface area contributed by atoms with E-state index < -0.39 is 35.2 Å². The number of likely N-dealkylation sites (tertiary alicyclic amines) is 2. The van der Waals surface area contributed by atoms with Gasteiger partial charge in [0.05, 0.1) is 31.4 Å². The summed E-state index contributed by atoms with van der Waals surface area (Å²) >= 11 is 0. The van der Waals surface area contributed by atoms with Crippen molar-refractivity contribution in [3.63, 3.8) is 0 Å². The Morgan fingerprint density at radius 2 is 1.89 bits per heavy atom. The van der Waals surface area contributed by atoms with Crippen molar-refractivity contribution < 1.29 is 23.9 Å². The highest BCUT2D eigenvalue weighted by Gasteiger charge is 2.48. The van der Waals surface area contributed by atoms with Crippen LogP contribution in [-0.2, 0) is 14.4 Å². The first-order valence-corrected chi connectivity index (χ1v) is 12.4. The molecule has 0 aromatic carbocycles. The number of carbonyl (C=O) groups is 3. The molecule has 2 N–H and O–H groups in total. The van der Waals surface area contributed by atoms with E-state index in [1.54, 1.807) is 24.7 Å². The molecule has 1 aromatic rings. The summed E-state index contributed by atoms with van der Waals surface area (Å²) in [5.74, 6) is -0.779. The van der Waals surface area contributed by atoms with Crippen LogP contribution in [0, 0.1) is 11.3 Å². The van der Waals surface area contributed by atoms with Gasteiger partial charge in [0.15, 0.2) is 5.67 Å². The number of aromatic nitrogens is 3. The number of nitrogens with zero attached hydrogens (tertiary/aromatic N) is 5. The second-order valence-electron chi connectivity index (χ2n) is 11.8. The van der Waals surface area contributed by atoms with E-state index in [1.165, 1.54) is 9.80 Å². The standard InChI is InChI=1S/C24H37FN6O4/c1-14(2)21(34)29-12-24(25,13-29)11-26-20(33)18-8-16(32)9-30(18)22(35)19(23(3,4)5)31-10-17(27-28-31)15-6-7-15/h10,14-16,18-19,32H,6-9,11-13H2,1-5H3,(H,26,33)/t16?,18?,19-/m1/s1. The van der Waals surface area contributed by atoms with Gasteiger partial charge in [-0.1, -0.05) is 39.8 Å². The highest BCUT2D eigenvalue weighted by Crippen LogP contribution is 2.40. The van der Waals surface area contributed by atoms with E-state index >= 15 is 0 Å². The molecule has 194 valence electrons. The fourth-order valence-corrected chi connectivity index (χ4v) is 4.96. The van der Waals surface area contributed by atoms with Crippen molar-refractivity contribution in [1.29, 1.82) is 0 Å². The van der Waals surface area contributed by atoms with Gasteiger partial charge in [-0.05, 0) is 18.3 Å². The Hall–Kier alpha value is -2.56. The van der Waals surface area contributed by atoms with Gasteiger partial charge in [-0.25, -0.2) is 9.07 Å². The first-order chi connectivity index (χ1) is 16.3. The summed E-state index contributed by atoms with van der Waals surface area (Å²) in [6, 6.07) is -1.62. The van der Waals surface area contributed by atoms with Crippen LogP contribution >= 0.6 is 0 Å². The van der Waals surface area contributed by atoms with Gasteiger partial charge in [0.1, 0.15) is 12.1 Å². The van der Waals surface area contributed by atoms with Crippen LogP contribution in [0.1, 0.15) is 71.5 Å². The largest absolute Gasteiger partial charge is 0.391 e. The number of nitrogens with one attached hydrogen (secondary N) is 1. The topological polar surface area (TPSA) is 121 Å². The third-order valence-corrected chi connectivity index (χ3v) is 7.04. The number of aliphatic hydroxyl groups is 1. The van der Waals surface area contributed by atoms with Gasteiger partial charge in [-0.3, -0.25) is 14.4 Å². The van der Waals surface area contributed by atoms with Crippen molar-refractivity contribution in [2.75, 3.05) is 26.2 Å². The van der Waals surface area contributed by atoms with Crippen molar-refractivity contribution in [1.82, 2.24) is 30.1 Å². The number of aliphatic hydroxyl groups excluding tert-OH is 1. The molecule has 4 rings (SSSR count). The van der Waals surface area contributed by atoms with Crippen LogP contribution in [0.5, 0.6) is 0 Å². The number of hydrogen-bond donors (Lipinski definition) is 2. The molecular weight excluding hydrogens is 455 g/mol. The van der Waals surface area contributed by atoms with Crippen molar-refractivity contribution >= 4 is 17.7 Å². The van der Waals surface area contributed by atoms with E-state index in [0.29, 0.717) is 5.92 Å². The summed E-state index contributed by atoms with van der Waals surface area (Å²) in [4.78, 5) is 41.6. The first kappa shape index (κ1) is 25.5. The van der Waals surface area contributed by atoms with Gasteiger partial charge >= 0.3 is 0 Å². The number of β-amino-alcohol motifs (C(OH)–C–C–N with tert-alkyl or cyclic N) is 1. The number of alkyl halides is 1. The fourth-order valence-electron chi connectivity index (χ4n) is 4.96. The lowest BCUT2D eigenvalue weighted by Crippen LogP contribution is -2.66. The molecule has 0 bridgehead atoms. The van der Waals surface area contributed by atoms with E-state index in [0.717, 1.165) is 18.5 Å². The zero-order valence-corrected chi connectivity index (χ0v) is 21.2. The highest BCUT2D eigenvalue weighted by atomic mass is 19.1. The molecule has 1 aromatic heterocycles. The van der Waals surface area contributed by atoms with Crippen molar-refractivity contribution in [2.45, 2.75) is 83.7 Å². The van der Waals surface area contributed by atoms with Gasteiger partial charge < -0.3 is 20.2 Å². The molecule has 2 unspecified atom stereocenters. The molecular formula is C24H37FN6O4. The predicted octanol–water partition coefficient (Wildman–Crippen LogP) is 1.03. The Morgan fingerprint density at radius 3 is 2.46 bits per heavy atom. The lowest BCUT2D eigenvalue weighted by molar-refractivity contribution is -0.150. The molecule has 35 heavy (non-hydrogen) atoms. The van der Waals surface area contributed by atoms with Crippen LogP contribution < -0.4 is 5.32 Å². The number of hydrogen-bond acceptors (Lipinski definition) is 6. The van der Waals surface area contributed by atoms with Gasteiger partial charge in [0, 0.05) is 31.0 Å². The molecule has 2 saturated heterocycles. The van der Waals surface area contributed by atoms with Crippen molar-refractivity contribution in [3.8, 4) is 0 Å². The molecule has 3 fully saturated rings. The third kappa shape index (κ3) is 5.34. The molecule has 0 spiro atoms. The van der Waals surface area contributed by atoms with E-state index in [9.17, 15) is 23.9 Å². The maximum atomic E-state index is 15.0. The summed E-state index contributed by atoms with van der Waals surface area (Å²) in [5.41, 5.74) is -1.36. The van der Waals surface area contributed by atoms with Crippen molar-refractivity contribution in [3.05, 3.63) is 11.9 Å². The molecule has 10 nitrogen and oxygen atoms in total. The van der Waals surface area contributed by atoms with Crippen LogP contribution in [0.25, 0.3) is 0 Å². The van der Waals surface area contributed by atoms with E-state index in [2.05, 4.69) is 15.6 Å².